The second-order valence-electron chi connectivity index (χ2n) is 6.72. The summed E-state index contributed by atoms with van der Waals surface area (Å²) in [6.07, 6.45) is -0.271. The lowest BCUT2D eigenvalue weighted by molar-refractivity contribution is -0.131. The normalized spacial score (nSPS) is 16.0. The van der Waals surface area contributed by atoms with Crippen molar-refractivity contribution in [1.29, 1.82) is 0 Å². The third kappa shape index (κ3) is 6.27. The summed E-state index contributed by atoms with van der Waals surface area (Å²) >= 11 is 1.65. The zero-order valence-electron chi connectivity index (χ0n) is 15.3. The molecule has 0 aliphatic carbocycles. The van der Waals surface area contributed by atoms with Gasteiger partial charge in [-0.1, -0.05) is 44.2 Å². The van der Waals surface area contributed by atoms with Crippen LogP contribution in [0.15, 0.2) is 30.3 Å². The fraction of sp³-hybridized carbons (Fsp3) is 0.579. The van der Waals surface area contributed by atoms with Gasteiger partial charge < -0.3 is 14.5 Å². The summed E-state index contributed by atoms with van der Waals surface area (Å²) in [5.41, 5.74) is 1.23. The highest BCUT2D eigenvalue weighted by Crippen LogP contribution is 2.20. The summed E-state index contributed by atoms with van der Waals surface area (Å²) in [7, 11) is 0. The Labute approximate surface area is 154 Å². The van der Waals surface area contributed by atoms with Gasteiger partial charge in [0, 0.05) is 31.9 Å². The lowest BCUT2D eigenvalue weighted by Crippen LogP contribution is -2.52. The molecule has 2 amide bonds. The van der Waals surface area contributed by atoms with Gasteiger partial charge in [0.25, 0.3) is 0 Å². The van der Waals surface area contributed by atoms with Crippen molar-refractivity contribution in [3.8, 4) is 0 Å². The van der Waals surface area contributed by atoms with Gasteiger partial charge in [-0.05, 0) is 18.4 Å². The van der Waals surface area contributed by atoms with Gasteiger partial charge in [-0.2, -0.15) is 0 Å². The molecule has 6 heteroatoms. The molecule has 25 heavy (non-hydrogen) atoms. The van der Waals surface area contributed by atoms with Gasteiger partial charge in [-0.15, -0.1) is 11.8 Å². The molecule has 1 aliphatic heterocycles. The van der Waals surface area contributed by atoms with E-state index >= 15 is 0 Å². The quantitative estimate of drug-likeness (QED) is 0.777. The Kier molecular flexibility index (Phi) is 7.62. The highest BCUT2D eigenvalue weighted by molar-refractivity contribution is 7.99. The zero-order chi connectivity index (χ0) is 18.2. The summed E-state index contributed by atoms with van der Waals surface area (Å²) in [6.45, 7) is 8.65. The Bertz CT molecular complexity index is 557. The molecule has 138 valence electrons. The van der Waals surface area contributed by atoms with Gasteiger partial charge in [0.2, 0.25) is 5.91 Å². The number of nitrogens with zero attached hydrogens (tertiary/aromatic N) is 2. The monoisotopic (exact) mass is 364 g/mol. The first-order valence-electron chi connectivity index (χ1n) is 8.83. The van der Waals surface area contributed by atoms with E-state index in [1.54, 1.807) is 16.7 Å². The van der Waals surface area contributed by atoms with Crippen LogP contribution >= 0.6 is 11.8 Å². The maximum absolute atomic E-state index is 12.6. The predicted molar refractivity (Wildman–Crippen MR) is 102 cm³/mol. The minimum atomic E-state index is -0.271. The number of thioether (sulfide) groups is 1. The summed E-state index contributed by atoms with van der Waals surface area (Å²) in [5, 5.41) is -0.0837. The zero-order valence-corrected chi connectivity index (χ0v) is 16.1. The molecular formula is C19H28N2O3S. The maximum Gasteiger partial charge on any atom is 0.409 e. The molecule has 1 fully saturated rings. The van der Waals surface area contributed by atoms with Crippen LogP contribution < -0.4 is 0 Å². The Morgan fingerprint density at radius 3 is 2.24 bits per heavy atom. The van der Waals surface area contributed by atoms with Crippen molar-refractivity contribution in [2.75, 3.05) is 32.8 Å². The topological polar surface area (TPSA) is 49.9 Å². The van der Waals surface area contributed by atoms with Crippen LogP contribution in [0.2, 0.25) is 0 Å². The van der Waals surface area contributed by atoms with Crippen LogP contribution in [0.5, 0.6) is 0 Å². The molecule has 1 unspecified atom stereocenters. The van der Waals surface area contributed by atoms with Gasteiger partial charge in [0.1, 0.15) is 0 Å². The molecular weight excluding hydrogens is 336 g/mol. The van der Waals surface area contributed by atoms with Crippen molar-refractivity contribution in [2.24, 2.45) is 5.92 Å². The summed E-state index contributed by atoms with van der Waals surface area (Å²) in [5.74, 6) is 1.31. The van der Waals surface area contributed by atoms with Gasteiger partial charge in [0.05, 0.1) is 11.9 Å². The van der Waals surface area contributed by atoms with E-state index in [-0.39, 0.29) is 17.3 Å². The highest BCUT2D eigenvalue weighted by atomic mass is 32.2. The number of amides is 2. The number of piperazine rings is 1. The number of benzene rings is 1. The number of ether oxygens (including phenoxy) is 1. The lowest BCUT2D eigenvalue weighted by atomic mass is 10.2. The molecule has 1 atom stereocenters. The first-order chi connectivity index (χ1) is 12.0. The minimum absolute atomic E-state index is 0.0837. The van der Waals surface area contributed by atoms with Crippen LogP contribution in [0, 0.1) is 5.92 Å². The third-order valence-corrected chi connectivity index (χ3v) is 5.28. The first kappa shape index (κ1) is 19.6. The smallest absolute Gasteiger partial charge is 0.409 e. The Morgan fingerprint density at radius 1 is 1.04 bits per heavy atom. The number of rotatable bonds is 6. The van der Waals surface area contributed by atoms with Crippen molar-refractivity contribution >= 4 is 23.8 Å². The molecule has 1 saturated heterocycles. The number of hydrogen-bond donors (Lipinski definition) is 0. The standard InChI is InChI=1S/C19H28N2O3S/c1-15(2)13-24-19(23)21-11-9-20(10-12-21)18(22)16(3)25-14-17-7-5-4-6-8-17/h4-8,15-16H,9-14H2,1-3H3. The molecule has 0 spiro atoms. The van der Waals surface area contributed by atoms with E-state index in [4.69, 9.17) is 4.74 Å². The molecule has 0 saturated carbocycles. The van der Waals surface area contributed by atoms with Gasteiger partial charge in [-0.25, -0.2) is 4.79 Å². The SMILES string of the molecule is CC(C)COC(=O)N1CCN(C(=O)C(C)SCc2ccccc2)CC1. The molecule has 5 nitrogen and oxygen atoms in total. The van der Waals surface area contributed by atoms with Gasteiger partial charge in [0.15, 0.2) is 0 Å². The van der Waals surface area contributed by atoms with Crippen LogP contribution in [-0.2, 0) is 15.3 Å². The fourth-order valence-electron chi connectivity index (χ4n) is 2.56. The number of carbonyl (C=O) groups excluding carboxylic acids is 2. The second-order valence-corrected chi connectivity index (χ2v) is 8.05. The van der Waals surface area contributed by atoms with Gasteiger partial charge in [-0.3, -0.25) is 4.79 Å². The van der Waals surface area contributed by atoms with E-state index in [1.807, 2.05) is 43.9 Å². The van der Waals surface area contributed by atoms with Crippen molar-refractivity contribution in [1.82, 2.24) is 9.80 Å². The van der Waals surface area contributed by atoms with Crippen molar-refractivity contribution in [3.05, 3.63) is 35.9 Å². The van der Waals surface area contributed by atoms with Crippen LogP contribution in [0.4, 0.5) is 4.79 Å². The Balaban J connectivity index is 1.73. The molecule has 1 aromatic carbocycles. The van der Waals surface area contributed by atoms with E-state index in [9.17, 15) is 9.59 Å². The molecule has 1 aromatic rings. The fourth-order valence-corrected chi connectivity index (χ4v) is 3.49. The van der Waals surface area contributed by atoms with Crippen LogP contribution in [0.3, 0.4) is 0 Å². The molecule has 1 heterocycles. The molecule has 0 aromatic heterocycles. The van der Waals surface area contributed by atoms with E-state index in [2.05, 4.69) is 12.1 Å². The van der Waals surface area contributed by atoms with E-state index in [1.165, 1.54) is 5.56 Å². The highest BCUT2D eigenvalue weighted by Gasteiger charge is 2.27. The van der Waals surface area contributed by atoms with E-state index in [0.717, 1.165) is 5.75 Å². The van der Waals surface area contributed by atoms with Crippen molar-refractivity contribution in [3.63, 3.8) is 0 Å². The average Bonchev–Trinajstić information content (AvgIpc) is 2.64. The minimum Gasteiger partial charge on any atom is -0.449 e. The molecule has 1 aliphatic rings. The van der Waals surface area contributed by atoms with E-state index < -0.39 is 0 Å². The predicted octanol–water partition coefficient (Wildman–Crippen LogP) is 3.25. The summed E-state index contributed by atoms with van der Waals surface area (Å²) in [6, 6.07) is 10.2. The number of hydrogen-bond acceptors (Lipinski definition) is 4. The van der Waals surface area contributed by atoms with E-state index in [0.29, 0.717) is 38.7 Å². The molecule has 0 N–H and O–H groups in total. The second kappa shape index (κ2) is 9.70. The first-order valence-corrected chi connectivity index (χ1v) is 9.88. The van der Waals surface area contributed by atoms with Crippen LogP contribution in [0.1, 0.15) is 26.3 Å². The summed E-state index contributed by atoms with van der Waals surface area (Å²) in [4.78, 5) is 28.1. The van der Waals surface area contributed by atoms with Gasteiger partial charge >= 0.3 is 6.09 Å². The maximum atomic E-state index is 12.6. The summed E-state index contributed by atoms with van der Waals surface area (Å²) < 4.78 is 5.25. The lowest BCUT2D eigenvalue weighted by Gasteiger charge is -2.35. The molecule has 0 bridgehead atoms. The number of carbonyl (C=O) groups is 2. The average molecular weight is 365 g/mol. The Hall–Kier alpha value is -1.69. The van der Waals surface area contributed by atoms with Crippen LogP contribution in [-0.4, -0.2) is 59.8 Å². The van der Waals surface area contributed by atoms with Crippen molar-refractivity contribution in [2.45, 2.75) is 31.8 Å². The molecule has 0 radical (unpaired) electrons. The van der Waals surface area contributed by atoms with Crippen molar-refractivity contribution < 1.29 is 14.3 Å². The largest absolute Gasteiger partial charge is 0.449 e. The Morgan fingerprint density at radius 2 is 1.64 bits per heavy atom. The van der Waals surface area contributed by atoms with Crippen LogP contribution in [0.25, 0.3) is 0 Å². The third-order valence-electron chi connectivity index (χ3n) is 4.08. The molecule has 2 rings (SSSR count).